The summed E-state index contributed by atoms with van der Waals surface area (Å²) in [5.74, 6) is -1.70. The first-order chi connectivity index (χ1) is 10.1. The van der Waals surface area contributed by atoms with Gasteiger partial charge in [0.2, 0.25) is 0 Å². The van der Waals surface area contributed by atoms with E-state index in [0.717, 1.165) is 5.92 Å². The summed E-state index contributed by atoms with van der Waals surface area (Å²) in [6.45, 7) is 9.45. The molecule has 0 aromatic carbocycles. The zero-order valence-corrected chi connectivity index (χ0v) is 15.2. The Morgan fingerprint density at radius 1 is 0.955 bits per heavy atom. The van der Waals surface area contributed by atoms with Gasteiger partial charge in [-0.3, -0.25) is 9.59 Å². The molecule has 0 aromatic heterocycles. The predicted molar refractivity (Wildman–Crippen MR) is 91.4 cm³/mol. The summed E-state index contributed by atoms with van der Waals surface area (Å²) in [4.78, 5) is 18.9. The molecule has 0 aliphatic rings. The molecule has 0 heterocycles. The van der Waals surface area contributed by atoms with Crippen molar-refractivity contribution in [2.75, 3.05) is 0 Å². The first-order valence-corrected chi connectivity index (χ1v) is 8.58. The first kappa shape index (κ1) is 23.8. The quantitative estimate of drug-likeness (QED) is 0.353. The van der Waals surface area contributed by atoms with Gasteiger partial charge in [0.05, 0.1) is 0 Å². The molecule has 1 atom stereocenters. The molecule has 22 heavy (non-hydrogen) atoms. The maximum absolute atomic E-state index is 9.43. The minimum atomic E-state index is -1.31. The molecule has 0 aliphatic heterocycles. The molecule has 4 nitrogen and oxygen atoms in total. The normalized spacial score (nSPS) is 12.3. The van der Waals surface area contributed by atoms with Crippen LogP contribution in [0.3, 0.4) is 0 Å². The van der Waals surface area contributed by atoms with Crippen molar-refractivity contribution in [3.63, 3.8) is 0 Å². The molecule has 5 heteroatoms. The van der Waals surface area contributed by atoms with Crippen molar-refractivity contribution in [1.29, 1.82) is 0 Å². The van der Waals surface area contributed by atoms with Gasteiger partial charge in [-0.05, 0) is 0 Å². The fourth-order valence-corrected chi connectivity index (χ4v) is 2.55. The summed E-state index contributed by atoms with van der Waals surface area (Å²) in [5.41, 5.74) is 0.512. The van der Waals surface area contributed by atoms with E-state index in [0.29, 0.717) is 5.41 Å². The van der Waals surface area contributed by atoms with Crippen LogP contribution in [0.15, 0.2) is 0 Å². The third-order valence-corrected chi connectivity index (χ3v) is 3.93. The Balaban J connectivity index is 0. The minimum absolute atomic E-state index is 0.512. The van der Waals surface area contributed by atoms with E-state index in [2.05, 4.69) is 45.4 Å². The van der Waals surface area contributed by atoms with E-state index in [4.69, 9.17) is 10.2 Å². The van der Waals surface area contributed by atoms with Gasteiger partial charge in [0.15, 0.2) is 0 Å². The van der Waals surface area contributed by atoms with Crippen LogP contribution in [0.5, 0.6) is 0 Å². The number of hydrogen-bond acceptors (Lipinski definition) is 2. The van der Waals surface area contributed by atoms with Gasteiger partial charge in [0.1, 0.15) is 6.42 Å². The van der Waals surface area contributed by atoms with Gasteiger partial charge in [-0.2, -0.15) is 0 Å². The molecule has 2 N–H and O–H groups in total. The Kier molecular flexibility index (Phi) is 15.3. The monoisotopic (exact) mass is 308 g/mol. The summed E-state index contributed by atoms with van der Waals surface area (Å²) < 4.78 is 0. The van der Waals surface area contributed by atoms with E-state index in [9.17, 15) is 9.59 Å². The second-order valence-corrected chi connectivity index (χ2v) is 6.99. The summed E-state index contributed by atoms with van der Waals surface area (Å²) in [6.07, 6.45) is 9.21. The van der Waals surface area contributed by atoms with Crippen LogP contribution in [-0.2, 0) is 9.59 Å². The standard InChI is InChI=1S/C14H29.C3H4O4.Li/c1-6-7-8-9-10-11-12-13(2)14(3,4)5;4-2(5)1-3(6)7;/h13H,2,6-12H2,1,3-5H3;1H2,(H,4,5)(H,6,7);. The van der Waals surface area contributed by atoms with Gasteiger partial charge in [0, 0.05) is 0 Å². The van der Waals surface area contributed by atoms with Crippen molar-refractivity contribution in [2.45, 2.75) is 84.2 Å². The van der Waals surface area contributed by atoms with Crippen LogP contribution in [0.1, 0.15) is 79.1 Å². The number of unbranched alkanes of at least 4 members (excludes halogenated alkanes) is 5. The van der Waals surface area contributed by atoms with Crippen molar-refractivity contribution in [3.8, 4) is 0 Å². The van der Waals surface area contributed by atoms with Gasteiger partial charge >= 0.3 is 119 Å². The zero-order chi connectivity index (χ0) is 17.6. The Morgan fingerprint density at radius 2 is 1.41 bits per heavy atom. The molecule has 0 aliphatic carbocycles. The van der Waals surface area contributed by atoms with Crippen molar-refractivity contribution in [3.05, 3.63) is 0 Å². The molecule has 0 saturated heterocycles. The first-order valence-electron chi connectivity index (χ1n) is 8.58. The Morgan fingerprint density at radius 3 is 1.73 bits per heavy atom. The summed E-state index contributed by atoms with van der Waals surface area (Å²) in [7, 11) is 0. The Labute approximate surface area is 145 Å². The van der Waals surface area contributed by atoms with Gasteiger partial charge < -0.3 is 10.2 Å². The number of carbonyl (C=O) groups is 2. The van der Waals surface area contributed by atoms with Crippen molar-refractivity contribution < 1.29 is 19.8 Å². The third-order valence-electron chi connectivity index (χ3n) is 3.93. The summed E-state index contributed by atoms with van der Waals surface area (Å²) in [6, 6.07) is 0. The molecule has 0 radical (unpaired) electrons. The molecule has 0 spiro atoms. The molecule has 1 unspecified atom stereocenters. The van der Waals surface area contributed by atoms with E-state index in [-0.39, 0.29) is 0 Å². The Hall–Kier alpha value is -0.463. The van der Waals surface area contributed by atoms with E-state index in [1.807, 2.05) is 0 Å². The summed E-state index contributed by atoms with van der Waals surface area (Å²) in [5, 5.41) is 16.8. The molecule has 0 aromatic rings. The van der Waals surface area contributed by atoms with Crippen LogP contribution in [0.2, 0.25) is 5.09 Å². The number of rotatable bonds is 10. The van der Waals surface area contributed by atoms with E-state index in [1.54, 1.807) is 0 Å². The SMILES string of the molecule is O=C(O)CC(=O)O.[Li][CH2]C(CCCCCCCC)C(C)(C)C. The number of carboxylic acid groups (broad SMARTS) is 2. The van der Waals surface area contributed by atoms with Crippen LogP contribution in [0, 0.1) is 11.3 Å². The zero-order valence-electron chi connectivity index (χ0n) is 15.2. The van der Waals surface area contributed by atoms with Crippen LogP contribution >= 0.6 is 0 Å². The molecule has 0 saturated carbocycles. The van der Waals surface area contributed by atoms with Crippen LogP contribution < -0.4 is 0 Å². The van der Waals surface area contributed by atoms with Crippen LogP contribution in [0.25, 0.3) is 0 Å². The molecule has 126 valence electrons. The second kappa shape index (κ2) is 14.2. The number of carboxylic acids is 2. The molecular formula is C17H33LiO4. The van der Waals surface area contributed by atoms with E-state index < -0.39 is 18.4 Å². The van der Waals surface area contributed by atoms with Gasteiger partial charge in [-0.25, -0.2) is 0 Å². The fourth-order valence-electron chi connectivity index (χ4n) is 2.55. The average molecular weight is 308 g/mol. The Bertz CT molecular complexity index is 286. The summed E-state index contributed by atoms with van der Waals surface area (Å²) >= 11 is 2.34. The second-order valence-electron chi connectivity index (χ2n) is 6.99. The van der Waals surface area contributed by atoms with Gasteiger partial charge in [-0.15, -0.1) is 0 Å². The van der Waals surface area contributed by atoms with E-state index >= 15 is 0 Å². The van der Waals surface area contributed by atoms with Gasteiger partial charge in [-0.1, -0.05) is 0 Å². The molecular weight excluding hydrogens is 275 g/mol. The molecule has 0 amide bonds. The number of hydrogen-bond donors (Lipinski definition) is 2. The maximum atomic E-state index is 9.43. The van der Waals surface area contributed by atoms with Crippen molar-refractivity contribution in [1.82, 2.24) is 0 Å². The van der Waals surface area contributed by atoms with Crippen LogP contribution in [-0.4, -0.2) is 39.9 Å². The third kappa shape index (κ3) is 17.6. The number of aliphatic carboxylic acids is 2. The van der Waals surface area contributed by atoms with Crippen molar-refractivity contribution >= 4 is 29.7 Å². The molecule has 0 fully saturated rings. The fraction of sp³-hybridized carbons (Fsp3) is 0.882. The van der Waals surface area contributed by atoms with Gasteiger partial charge in [0.25, 0.3) is 0 Å². The predicted octanol–water partition coefficient (Wildman–Crippen LogP) is 4.53. The molecule has 0 rings (SSSR count). The average Bonchev–Trinajstić information content (AvgIpc) is 2.35. The van der Waals surface area contributed by atoms with E-state index in [1.165, 1.54) is 50.0 Å². The van der Waals surface area contributed by atoms with Crippen LogP contribution in [0.4, 0.5) is 0 Å². The van der Waals surface area contributed by atoms with Crippen molar-refractivity contribution in [2.24, 2.45) is 11.3 Å². The topological polar surface area (TPSA) is 74.6 Å². The molecule has 0 bridgehead atoms.